The van der Waals surface area contributed by atoms with Gasteiger partial charge in [-0.2, -0.15) is 0 Å². The highest BCUT2D eigenvalue weighted by atomic mass is 16.2. The molecule has 0 saturated carbocycles. The van der Waals surface area contributed by atoms with Gasteiger partial charge in [0.2, 0.25) is 0 Å². The van der Waals surface area contributed by atoms with Crippen molar-refractivity contribution in [3.05, 3.63) is 29.3 Å². The first-order valence-corrected chi connectivity index (χ1v) is 5.55. The smallest absolute Gasteiger partial charge is 0.0431 e. The Morgan fingerprint density at radius 2 is 1.93 bits per heavy atom. The fraction of sp³-hybridized carbons (Fsp3) is 0.538. The van der Waals surface area contributed by atoms with Crippen LogP contribution in [-0.2, 0) is 0 Å². The van der Waals surface area contributed by atoms with Crippen molar-refractivity contribution in [1.82, 2.24) is 0 Å². The quantitative estimate of drug-likeness (QED) is 0.750. The molecule has 1 aromatic carbocycles. The van der Waals surface area contributed by atoms with Gasteiger partial charge in [-0.05, 0) is 43.9 Å². The third-order valence-electron chi connectivity index (χ3n) is 2.89. The summed E-state index contributed by atoms with van der Waals surface area (Å²) < 4.78 is 0. The third kappa shape index (κ3) is 3.24. The summed E-state index contributed by atoms with van der Waals surface area (Å²) in [5, 5.41) is 8.73. The van der Waals surface area contributed by atoms with E-state index in [4.69, 9.17) is 5.11 Å². The van der Waals surface area contributed by atoms with Gasteiger partial charge < -0.3 is 10.0 Å². The lowest BCUT2D eigenvalue weighted by Gasteiger charge is -2.22. The van der Waals surface area contributed by atoms with Gasteiger partial charge in [-0.15, -0.1) is 0 Å². The number of unbranched alkanes of at least 4 members (excludes halogenated alkanes) is 1. The van der Waals surface area contributed by atoms with Crippen molar-refractivity contribution in [1.29, 1.82) is 0 Å². The van der Waals surface area contributed by atoms with Crippen LogP contribution in [0.4, 0.5) is 5.69 Å². The standard InChI is InChI=1S/C13H21NO/c1-11-7-6-8-13(12(11)2)14(3)9-4-5-10-15/h6-8,15H,4-5,9-10H2,1-3H3. The maximum atomic E-state index is 8.73. The first-order chi connectivity index (χ1) is 7.16. The number of aliphatic hydroxyl groups excluding tert-OH is 1. The van der Waals surface area contributed by atoms with Crippen LogP contribution < -0.4 is 4.90 Å². The summed E-state index contributed by atoms with van der Waals surface area (Å²) >= 11 is 0. The van der Waals surface area contributed by atoms with E-state index in [1.807, 2.05) is 0 Å². The molecular formula is C13H21NO. The van der Waals surface area contributed by atoms with Gasteiger partial charge in [0.25, 0.3) is 0 Å². The second-order valence-electron chi connectivity index (χ2n) is 4.07. The van der Waals surface area contributed by atoms with Crippen molar-refractivity contribution in [2.24, 2.45) is 0 Å². The minimum atomic E-state index is 0.292. The average molecular weight is 207 g/mol. The van der Waals surface area contributed by atoms with Gasteiger partial charge in [0.15, 0.2) is 0 Å². The van der Waals surface area contributed by atoms with Gasteiger partial charge in [-0.1, -0.05) is 12.1 Å². The van der Waals surface area contributed by atoms with E-state index in [9.17, 15) is 0 Å². The highest BCUT2D eigenvalue weighted by molar-refractivity contribution is 5.55. The minimum Gasteiger partial charge on any atom is -0.396 e. The molecule has 0 aliphatic rings. The van der Waals surface area contributed by atoms with Crippen molar-refractivity contribution in [2.75, 3.05) is 25.1 Å². The molecular weight excluding hydrogens is 186 g/mol. The fourth-order valence-corrected chi connectivity index (χ4v) is 1.73. The molecule has 0 aliphatic carbocycles. The molecule has 0 aliphatic heterocycles. The van der Waals surface area contributed by atoms with Crippen LogP contribution in [0.3, 0.4) is 0 Å². The van der Waals surface area contributed by atoms with Gasteiger partial charge in [-0.25, -0.2) is 0 Å². The Kier molecular flexibility index (Phi) is 4.63. The van der Waals surface area contributed by atoms with E-state index in [2.05, 4.69) is 44.0 Å². The van der Waals surface area contributed by atoms with Gasteiger partial charge in [0.05, 0.1) is 0 Å². The number of anilines is 1. The normalized spacial score (nSPS) is 10.4. The molecule has 0 fully saturated rings. The number of benzene rings is 1. The van der Waals surface area contributed by atoms with Crippen molar-refractivity contribution in [2.45, 2.75) is 26.7 Å². The number of rotatable bonds is 5. The molecule has 0 bridgehead atoms. The molecule has 84 valence electrons. The van der Waals surface area contributed by atoms with Crippen molar-refractivity contribution in [3.63, 3.8) is 0 Å². The van der Waals surface area contributed by atoms with E-state index in [1.54, 1.807) is 0 Å². The van der Waals surface area contributed by atoms with Gasteiger partial charge in [0.1, 0.15) is 0 Å². The lowest BCUT2D eigenvalue weighted by atomic mass is 10.1. The summed E-state index contributed by atoms with van der Waals surface area (Å²) in [7, 11) is 2.11. The summed E-state index contributed by atoms with van der Waals surface area (Å²) in [5.41, 5.74) is 3.98. The van der Waals surface area contributed by atoms with Crippen molar-refractivity contribution < 1.29 is 5.11 Å². The molecule has 1 rings (SSSR count). The monoisotopic (exact) mass is 207 g/mol. The second kappa shape index (κ2) is 5.76. The minimum absolute atomic E-state index is 0.292. The van der Waals surface area contributed by atoms with E-state index in [-0.39, 0.29) is 0 Å². The fourth-order valence-electron chi connectivity index (χ4n) is 1.73. The van der Waals surface area contributed by atoms with E-state index in [0.717, 1.165) is 19.4 Å². The molecule has 0 spiro atoms. The largest absolute Gasteiger partial charge is 0.396 e. The molecule has 0 atom stereocenters. The molecule has 1 N–H and O–H groups in total. The zero-order valence-corrected chi connectivity index (χ0v) is 9.95. The summed E-state index contributed by atoms with van der Waals surface area (Å²) in [6.07, 6.45) is 1.93. The predicted octanol–water partition coefficient (Wildman–Crippen LogP) is 2.51. The first kappa shape index (κ1) is 12.1. The molecule has 1 aromatic rings. The van der Waals surface area contributed by atoms with Gasteiger partial charge in [-0.3, -0.25) is 0 Å². The third-order valence-corrected chi connectivity index (χ3v) is 2.89. The number of aliphatic hydroxyl groups is 1. The Morgan fingerprint density at radius 1 is 1.20 bits per heavy atom. The summed E-state index contributed by atoms with van der Waals surface area (Å²) in [4.78, 5) is 2.26. The van der Waals surface area contributed by atoms with Crippen LogP contribution in [0.15, 0.2) is 18.2 Å². The Balaban J connectivity index is 2.65. The van der Waals surface area contributed by atoms with E-state index in [1.165, 1.54) is 16.8 Å². The molecule has 0 amide bonds. The lowest BCUT2D eigenvalue weighted by Crippen LogP contribution is -2.19. The van der Waals surface area contributed by atoms with E-state index >= 15 is 0 Å². The second-order valence-corrected chi connectivity index (χ2v) is 4.07. The maximum Gasteiger partial charge on any atom is 0.0431 e. The SMILES string of the molecule is Cc1cccc(N(C)CCCCO)c1C. The number of nitrogens with zero attached hydrogens (tertiary/aromatic N) is 1. The highest BCUT2D eigenvalue weighted by Gasteiger charge is 2.05. The summed E-state index contributed by atoms with van der Waals surface area (Å²) in [6.45, 7) is 5.60. The van der Waals surface area contributed by atoms with Crippen LogP contribution in [0, 0.1) is 13.8 Å². The van der Waals surface area contributed by atoms with Crippen LogP contribution in [0.1, 0.15) is 24.0 Å². The molecule has 0 aromatic heterocycles. The Morgan fingerprint density at radius 3 is 2.60 bits per heavy atom. The van der Waals surface area contributed by atoms with Crippen LogP contribution in [-0.4, -0.2) is 25.3 Å². The molecule has 0 saturated heterocycles. The zero-order chi connectivity index (χ0) is 11.3. The maximum absolute atomic E-state index is 8.73. The molecule has 2 nitrogen and oxygen atoms in total. The molecule has 0 heterocycles. The average Bonchev–Trinajstić information content (AvgIpc) is 2.22. The van der Waals surface area contributed by atoms with E-state index < -0.39 is 0 Å². The molecule has 0 unspecified atom stereocenters. The Bertz CT molecular complexity index is 309. The topological polar surface area (TPSA) is 23.5 Å². The number of hydrogen-bond acceptors (Lipinski definition) is 2. The number of aryl methyl sites for hydroxylation is 1. The van der Waals surface area contributed by atoms with Crippen molar-refractivity contribution >= 4 is 5.69 Å². The van der Waals surface area contributed by atoms with Gasteiger partial charge >= 0.3 is 0 Å². The van der Waals surface area contributed by atoms with Crippen molar-refractivity contribution in [3.8, 4) is 0 Å². The Labute approximate surface area is 92.5 Å². The van der Waals surface area contributed by atoms with E-state index in [0.29, 0.717) is 6.61 Å². The first-order valence-electron chi connectivity index (χ1n) is 5.55. The van der Waals surface area contributed by atoms with Gasteiger partial charge in [0, 0.05) is 25.9 Å². The molecule has 0 radical (unpaired) electrons. The summed E-state index contributed by atoms with van der Waals surface area (Å²) in [5.74, 6) is 0. The zero-order valence-electron chi connectivity index (χ0n) is 9.95. The van der Waals surface area contributed by atoms with Crippen LogP contribution in [0.2, 0.25) is 0 Å². The highest BCUT2D eigenvalue weighted by Crippen LogP contribution is 2.21. The predicted molar refractivity (Wildman–Crippen MR) is 65.5 cm³/mol. The molecule has 2 heteroatoms. The lowest BCUT2D eigenvalue weighted by molar-refractivity contribution is 0.285. The summed E-state index contributed by atoms with van der Waals surface area (Å²) in [6, 6.07) is 6.39. The molecule has 15 heavy (non-hydrogen) atoms. The number of hydrogen-bond donors (Lipinski definition) is 1. The van der Waals surface area contributed by atoms with Crippen LogP contribution in [0.25, 0.3) is 0 Å². The Hall–Kier alpha value is -1.02. The van der Waals surface area contributed by atoms with Crippen LogP contribution in [0.5, 0.6) is 0 Å². The van der Waals surface area contributed by atoms with Crippen LogP contribution >= 0.6 is 0 Å².